The Bertz CT molecular complexity index is 568. The number of aromatic nitrogens is 1. The average molecular weight is 290 g/mol. The number of carbonyl (C=O) groups excluding carboxylic acids is 1. The van der Waals surface area contributed by atoms with Crippen LogP contribution in [0.1, 0.15) is 18.4 Å². The summed E-state index contributed by atoms with van der Waals surface area (Å²) in [4.78, 5) is 14.0. The molecule has 20 heavy (non-hydrogen) atoms. The quantitative estimate of drug-likeness (QED) is 0.848. The van der Waals surface area contributed by atoms with Crippen LogP contribution in [-0.4, -0.2) is 23.4 Å². The van der Waals surface area contributed by atoms with E-state index < -0.39 is 0 Å². The van der Waals surface area contributed by atoms with E-state index in [2.05, 4.69) is 5.16 Å². The summed E-state index contributed by atoms with van der Waals surface area (Å²) in [5.41, 5.74) is 1.77. The highest BCUT2D eigenvalue weighted by Gasteiger charge is 2.19. The van der Waals surface area contributed by atoms with Crippen LogP contribution in [0.3, 0.4) is 0 Å². The van der Waals surface area contributed by atoms with Gasteiger partial charge in [0.25, 0.3) is 0 Å². The van der Waals surface area contributed by atoms with E-state index in [4.69, 9.17) is 4.52 Å². The van der Waals surface area contributed by atoms with Crippen LogP contribution in [0.2, 0.25) is 0 Å². The molecule has 1 aromatic heterocycles. The molecule has 2 aromatic rings. The van der Waals surface area contributed by atoms with Crippen LogP contribution >= 0.6 is 11.8 Å². The standard InChI is InChI=1S/C15H18N2O2S/c1-11-9-13(16-19-11)10-20-12(2)15(18)17(3)14-7-5-4-6-8-14/h4-9,12H,10H2,1-3H3. The summed E-state index contributed by atoms with van der Waals surface area (Å²) in [6, 6.07) is 11.5. The Morgan fingerprint density at radius 2 is 2.10 bits per heavy atom. The van der Waals surface area contributed by atoms with Gasteiger partial charge >= 0.3 is 0 Å². The second-order valence-electron chi connectivity index (χ2n) is 4.61. The molecule has 0 aliphatic heterocycles. The fourth-order valence-electron chi connectivity index (χ4n) is 1.82. The Morgan fingerprint density at radius 1 is 1.40 bits per heavy atom. The number of rotatable bonds is 5. The molecule has 0 spiro atoms. The van der Waals surface area contributed by atoms with Gasteiger partial charge in [-0.3, -0.25) is 4.79 Å². The Hall–Kier alpha value is -1.75. The summed E-state index contributed by atoms with van der Waals surface area (Å²) in [6.07, 6.45) is 0. The molecular weight excluding hydrogens is 272 g/mol. The molecule has 0 aliphatic carbocycles. The number of hydrogen-bond acceptors (Lipinski definition) is 4. The Labute approximate surface area is 123 Å². The summed E-state index contributed by atoms with van der Waals surface area (Å²) in [5.74, 6) is 1.55. The third-order valence-electron chi connectivity index (χ3n) is 2.98. The molecule has 1 aromatic carbocycles. The first-order chi connectivity index (χ1) is 9.58. The van der Waals surface area contributed by atoms with Crippen LogP contribution in [-0.2, 0) is 10.5 Å². The molecule has 0 saturated heterocycles. The molecule has 0 N–H and O–H groups in total. The minimum absolute atomic E-state index is 0.0846. The summed E-state index contributed by atoms with van der Waals surface area (Å²) in [7, 11) is 1.80. The molecular formula is C15H18N2O2S. The first-order valence-corrected chi connectivity index (χ1v) is 7.49. The number of para-hydroxylation sites is 1. The summed E-state index contributed by atoms with van der Waals surface area (Å²) < 4.78 is 5.02. The monoisotopic (exact) mass is 290 g/mol. The topological polar surface area (TPSA) is 46.3 Å². The second kappa shape index (κ2) is 6.61. The molecule has 0 fully saturated rings. The maximum atomic E-state index is 12.3. The normalized spacial score (nSPS) is 12.2. The first-order valence-electron chi connectivity index (χ1n) is 6.44. The van der Waals surface area contributed by atoms with Crippen LogP contribution in [0.15, 0.2) is 40.9 Å². The van der Waals surface area contributed by atoms with Crippen molar-refractivity contribution in [1.29, 1.82) is 0 Å². The molecule has 1 atom stereocenters. The van der Waals surface area contributed by atoms with Crippen LogP contribution in [0.25, 0.3) is 0 Å². The summed E-state index contributed by atoms with van der Waals surface area (Å²) >= 11 is 1.56. The van der Waals surface area contributed by atoms with Crippen molar-refractivity contribution in [1.82, 2.24) is 5.16 Å². The van der Waals surface area contributed by atoms with Gasteiger partial charge < -0.3 is 9.42 Å². The van der Waals surface area contributed by atoms with Crippen LogP contribution in [0, 0.1) is 6.92 Å². The van der Waals surface area contributed by atoms with Gasteiger partial charge in [0.2, 0.25) is 5.91 Å². The van der Waals surface area contributed by atoms with Crippen LogP contribution in [0.4, 0.5) is 5.69 Å². The molecule has 106 valence electrons. The summed E-state index contributed by atoms with van der Waals surface area (Å²) in [5, 5.41) is 3.80. The van der Waals surface area contributed by atoms with E-state index in [1.54, 1.807) is 23.7 Å². The van der Waals surface area contributed by atoms with Crippen LogP contribution in [0.5, 0.6) is 0 Å². The van der Waals surface area contributed by atoms with Crippen molar-refractivity contribution < 1.29 is 9.32 Å². The number of carbonyl (C=O) groups is 1. The molecule has 0 saturated carbocycles. The van der Waals surface area contributed by atoms with Gasteiger partial charge in [-0.1, -0.05) is 23.4 Å². The highest BCUT2D eigenvalue weighted by molar-refractivity contribution is 7.99. The van der Waals surface area contributed by atoms with E-state index in [1.165, 1.54) is 0 Å². The van der Waals surface area contributed by atoms with E-state index in [-0.39, 0.29) is 11.2 Å². The van der Waals surface area contributed by atoms with E-state index in [1.807, 2.05) is 50.2 Å². The predicted octanol–water partition coefficient (Wildman–Crippen LogP) is 3.27. The minimum Gasteiger partial charge on any atom is -0.361 e. The maximum absolute atomic E-state index is 12.3. The van der Waals surface area contributed by atoms with Gasteiger partial charge in [0.05, 0.1) is 10.9 Å². The molecule has 1 amide bonds. The van der Waals surface area contributed by atoms with Gasteiger partial charge in [-0.15, -0.1) is 11.8 Å². The lowest BCUT2D eigenvalue weighted by Gasteiger charge is -2.21. The van der Waals surface area contributed by atoms with Gasteiger partial charge in [-0.05, 0) is 26.0 Å². The average Bonchev–Trinajstić information content (AvgIpc) is 2.89. The number of nitrogens with zero attached hydrogens (tertiary/aromatic N) is 2. The molecule has 0 bridgehead atoms. The molecule has 0 aliphatic rings. The van der Waals surface area contributed by atoms with Gasteiger partial charge in [0.1, 0.15) is 5.76 Å². The Morgan fingerprint density at radius 3 is 2.70 bits per heavy atom. The van der Waals surface area contributed by atoms with E-state index in [0.717, 1.165) is 17.1 Å². The van der Waals surface area contributed by atoms with E-state index >= 15 is 0 Å². The van der Waals surface area contributed by atoms with Gasteiger partial charge in [0.15, 0.2) is 0 Å². The smallest absolute Gasteiger partial charge is 0.239 e. The van der Waals surface area contributed by atoms with Crippen molar-refractivity contribution in [3.05, 3.63) is 47.9 Å². The van der Waals surface area contributed by atoms with Crippen molar-refractivity contribution in [2.45, 2.75) is 24.9 Å². The fraction of sp³-hybridized carbons (Fsp3) is 0.333. The lowest BCUT2D eigenvalue weighted by Crippen LogP contribution is -2.33. The largest absolute Gasteiger partial charge is 0.361 e. The zero-order valence-electron chi connectivity index (χ0n) is 11.9. The molecule has 5 heteroatoms. The van der Waals surface area contributed by atoms with Crippen molar-refractivity contribution in [2.24, 2.45) is 0 Å². The lowest BCUT2D eigenvalue weighted by atomic mass is 10.3. The lowest BCUT2D eigenvalue weighted by molar-refractivity contribution is -0.117. The Balaban J connectivity index is 1.91. The molecule has 2 rings (SSSR count). The number of amides is 1. The van der Waals surface area contributed by atoms with Crippen LogP contribution < -0.4 is 4.90 Å². The Kier molecular flexibility index (Phi) is 4.84. The van der Waals surface area contributed by atoms with Gasteiger partial charge in [-0.25, -0.2) is 0 Å². The summed E-state index contributed by atoms with van der Waals surface area (Å²) in [6.45, 7) is 3.78. The number of hydrogen-bond donors (Lipinski definition) is 0. The molecule has 1 heterocycles. The van der Waals surface area contributed by atoms with Crippen molar-refractivity contribution in [3.63, 3.8) is 0 Å². The first kappa shape index (κ1) is 14.7. The SMILES string of the molecule is Cc1cc(CSC(C)C(=O)N(C)c2ccccc2)no1. The zero-order chi connectivity index (χ0) is 14.5. The van der Waals surface area contributed by atoms with E-state index in [9.17, 15) is 4.79 Å². The van der Waals surface area contributed by atoms with Gasteiger partial charge in [0, 0.05) is 24.6 Å². The highest BCUT2D eigenvalue weighted by Crippen LogP contribution is 2.21. The number of thioether (sulfide) groups is 1. The number of aryl methyl sites for hydroxylation is 1. The zero-order valence-corrected chi connectivity index (χ0v) is 12.7. The second-order valence-corrected chi connectivity index (χ2v) is 5.94. The van der Waals surface area contributed by atoms with E-state index in [0.29, 0.717) is 5.75 Å². The number of anilines is 1. The van der Waals surface area contributed by atoms with Crippen molar-refractivity contribution in [2.75, 3.05) is 11.9 Å². The maximum Gasteiger partial charge on any atom is 0.239 e. The highest BCUT2D eigenvalue weighted by atomic mass is 32.2. The molecule has 1 unspecified atom stereocenters. The van der Waals surface area contributed by atoms with Crippen molar-refractivity contribution in [3.8, 4) is 0 Å². The third-order valence-corrected chi connectivity index (χ3v) is 4.14. The minimum atomic E-state index is -0.128. The predicted molar refractivity (Wildman–Crippen MR) is 81.8 cm³/mol. The number of benzene rings is 1. The third kappa shape index (κ3) is 3.63. The van der Waals surface area contributed by atoms with Crippen molar-refractivity contribution >= 4 is 23.4 Å². The fourth-order valence-corrected chi connectivity index (χ4v) is 2.68. The molecule has 0 radical (unpaired) electrons. The molecule has 4 nitrogen and oxygen atoms in total. The van der Waals surface area contributed by atoms with Gasteiger partial charge in [-0.2, -0.15) is 0 Å².